The molecule has 1 aliphatic carbocycles. The number of likely N-dealkylation sites (tertiary alicyclic amines) is 1. The lowest BCUT2D eigenvalue weighted by Gasteiger charge is -2.27. The quantitative estimate of drug-likeness (QED) is 0.571. The molecule has 2 atom stereocenters. The number of halogens is 1. The topological polar surface area (TPSA) is 65.5 Å². The second-order valence-electron chi connectivity index (χ2n) is 8.33. The molecular formula is C24H24ClN3O2S. The highest BCUT2D eigenvalue weighted by molar-refractivity contribution is 7.15. The van der Waals surface area contributed by atoms with Gasteiger partial charge >= 0.3 is 0 Å². The number of nitrogens with one attached hydrogen (secondary N) is 1. The highest BCUT2D eigenvalue weighted by Gasteiger charge is 2.51. The van der Waals surface area contributed by atoms with Crippen molar-refractivity contribution in [1.29, 1.82) is 0 Å². The van der Waals surface area contributed by atoms with Crippen LogP contribution in [0.5, 0.6) is 0 Å². The summed E-state index contributed by atoms with van der Waals surface area (Å²) in [5.41, 5.74) is 1.61. The zero-order chi connectivity index (χ0) is 21.4. The maximum Gasteiger partial charge on any atom is 0.236 e. The van der Waals surface area contributed by atoms with Gasteiger partial charge in [0.05, 0.1) is 17.6 Å². The third kappa shape index (κ3) is 4.01. The summed E-state index contributed by atoms with van der Waals surface area (Å²) in [7, 11) is 0. The van der Waals surface area contributed by atoms with Crippen LogP contribution in [0.1, 0.15) is 41.3 Å². The van der Waals surface area contributed by atoms with Crippen LogP contribution >= 0.6 is 22.9 Å². The normalized spacial score (nSPS) is 21.0. The van der Waals surface area contributed by atoms with Crippen LogP contribution in [-0.4, -0.2) is 40.1 Å². The molecule has 0 radical (unpaired) electrons. The smallest absolute Gasteiger partial charge is 0.236 e. The Kier molecular flexibility index (Phi) is 5.56. The van der Waals surface area contributed by atoms with Crippen LogP contribution < -0.4 is 5.32 Å². The number of rotatable bonds is 6. The Morgan fingerprint density at radius 3 is 2.61 bits per heavy atom. The van der Waals surface area contributed by atoms with Crippen molar-refractivity contribution >= 4 is 34.0 Å². The van der Waals surface area contributed by atoms with Crippen molar-refractivity contribution in [2.45, 2.75) is 36.8 Å². The van der Waals surface area contributed by atoms with Gasteiger partial charge in [-0.3, -0.25) is 9.69 Å². The van der Waals surface area contributed by atoms with E-state index in [1.807, 2.05) is 60.8 Å². The summed E-state index contributed by atoms with van der Waals surface area (Å²) >= 11 is 8.01. The van der Waals surface area contributed by atoms with Gasteiger partial charge in [-0.15, -0.1) is 0 Å². The van der Waals surface area contributed by atoms with Gasteiger partial charge in [-0.2, -0.15) is 0 Å². The van der Waals surface area contributed by atoms with Gasteiger partial charge in [-0.25, -0.2) is 4.98 Å². The molecule has 160 valence electrons. The van der Waals surface area contributed by atoms with Crippen molar-refractivity contribution in [3.05, 3.63) is 81.8 Å². The number of aliphatic hydroxyl groups is 1. The Balaban J connectivity index is 1.40. The number of carbonyl (C=O) groups excluding carboxylic acids is 1. The summed E-state index contributed by atoms with van der Waals surface area (Å²) < 4.78 is 0. The van der Waals surface area contributed by atoms with Crippen molar-refractivity contribution in [2.75, 3.05) is 18.4 Å². The Bertz CT molecular complexity index is 1080. The number of aliphatic hydroxyl groups excluding tert-OH is 1. The molecule has 2 heterocycles. The Morgan fingerprint density at radius 2 is 1.94 bits per heavy atom. The monoisotopic (exact) mass is 453 g/mol. The molecule has 1 aliphatic heterocycles. The molecule has 0 bridgehead atoms. The van der Waals surface area contributed by atoms with Gasteiger partial charge in [-0.1, -0.05) is 71.5 Å². The lowest BCUT2D eigenvalue weighted by molar-refractivity contribution is -0.118. The van der Waals surface area contributed by atoms with Gasteiger partial charge in [0, 0.05) is 29.2 Å². The zero-order valence-corrected chi connectivity index (χ0v) is 18.6. The average molecular weight is 454 g/mol. The number of hydrogen-bond acceptors (Lipinski definition) is 5. The first-order valence-electron chi connectivity index (χ1n) is 10.6. The van der Waals surface area contributed by atoms with E-state index in [9.17, 15) is 9.90 Å². The lowest BCUT2D eigenvalue weighted by atomic mass is 9.95. The summed E-state index contributed by atoms with van der Waals surface area (Å²) in [6.45, 7) is 1.38. The Labute approximate surface area is 190 Å². The molecule has 2 aliphatic rings. The number of benzene rings is 2. The fourth-order valence-corrected chi connectivity index (χ4v) is 5.65. The minimum atomic E-state index is -0.436. The fourth-order valence-electron chi connectivity index (χ4n) is 4.45. The molecule has 1 amide bonds. The molecule has 0 spiro atoms. The van der Waals surface area contributed by atoms with Crippen LogP contribution in [0.3, 0.4) is 0 Å². The predicted molar refractivity (Wildman–Crippen MR) is 124 cm³/mol. The van der Waals surface area contributed by atoms with Gasteiger partial charge in [-0.05, 0) is 36.5 Å². The Morgan fingerprint density at radius 1 is 1.19 bits per heavy atom. The summed E-state index contributed by atoms with van der Waals surface area (Å²) in [6, 6.07) is 17.7. The van der Waals surface area contributed by atoms with E-state index >= 15 is 0 Å². The Hall–Kier alpha value is -2.25. The average Bonchev–Trinajstić information content (AvgIpc) is 3.31. The summed E-state index contributed by atoms with van der Waals surface area (Å²) in [6.07, 6.45) is 3.94. The molecule has 7 heteroatoms. The highest BCUT2D eigenvalue weighted by Crippen LogP contribution is 2.49. The van der Waals surface area contributed by atoms with Crippen LogP contribution in [0.4, 0.5) is 5.13 Å². The van der Waals surface area contributed by atoms with Gasteiger partial charge in [0.2, 0.25) is 5.91 Å². The number of anilines is 1. The van der Waals surface area contributed by atoms with Crippen molar-refractivity contribution < 1.29 is 9.90 Å². The SMILES string of the molecule is O=C(Nc1ncc(C(c2ccccc2Cl)N2CC[C@@H](O)C2)s1)C1(c2ccccc2)CC1. The van der Waals surface area contributed by atoms with Crippen molar-refractivity contribution in [2.24, 2.45) is 0 Å². The number of β-amino-alcohol motifs (C(OH)–C–C–N with tert-alkyl or cyclic N) is 1. The second-order valence-corrected chi connectivity index (χ2v) is 9.80. The van der Waals surface area contributed by atoms with E-state index in [2.05, 4.69) is 15.2 Å². The molecule has 31 heavy (non-hydrogen) atoms. The summed E-state index contributed by atoms with van der Waals surface area (Å²) in [4.78, 5) is 20.8. The van der Waals surface area contributed by atoms with Crippen molar-refractivity contribution in [3.8, 4) is 0 Å². The van der Waals surface area contributed by atoms with E-state index in [1.54, 1.807) is 0 Å². The first kappa shape index (κ1) is 20.6. The van der Waals surface area contributed by atoms with Crippen LogP contribution in [-0.2, 0) is 10.2 Å². The molecule has 2 N–H and O–H groups in total. The molecule has 3 aromatic rings. The van der Waals surface area contributed by atoms with E-state index < -0.39 is 5.41 Å². The molecule has 1 unspecified atom stereocenters. The molecule has 5 rings (SSSR count). The molecule has 1 saturated heterocycles. The molecule has 2 aromatic carbocycles. The van der Waals surface area contributed by atoms with Crippen LogP contribution in [0, 0.1) is 0 Å². The van der Waals surface area contributed by atoms with Crippen molar-refractivity contribution in [1.82, 2.24) is 9.88 Å². The second kappa shape index (κ2) is 8.36. The fraction of sp³-hybridized carbons (Fsp3) is 0.333. The van der Waals surface area contributed by atoms with E-state index in [4.69, 9.17) is 11.6 Å². The number of carbonyl (C=O) groups is 1. The van der Waals surface area contributed by atoms with Crippen LogP contribution in [0.15, 0.2) is 60.8 Å². The minimum absolute atomic E-state index is 0.00508. The number of amides is 1. The molecule has 1 aromatic heterocycles. The van der Waals surface area contributed by atoms with E-state index in [-0.39, 0.29) is 18.1 Å². The first-order chi connectivity index (χ1) is 15.1. The van der Waals surface area contributed by atoms with E-state index in [0.717, 1.165) is 41.8 Å². The molecule has 1 saturated carbocycles. The number of hydrogen-bond donors (Lipinski definition) is 2. The third-order valence-electron chi connectivity index (χ3n) is 6.28. The van der Waals surface area contributed by atoms with Gasteiger partial charge < -0.3 is 10.4 Å². The minimum Gasteiger partial charge on any atom is -0.392 e. The first-order valence-corrected chi connectivity index (χ1v) is 11.8. The van der Waals surface area contributed by atoms with Gasteiger partial charge in [0.25, 0.3) is 0 Å². The molecule has 5 nitrogen and oxygen atoms in total. The largest absolute Gasteiger partial charge is 0.392 e. The van der Waals surface area contributed by atoms with E-state index in [1.165, 1.54) is 11.3 Å². The number of nitrogens with zero attached hydrogens (tertiary/aromatic N) is 2. The predicted octanol–water partition coefficient (Wildman–Crippen LogP) is 4.62. The third-order valence-corrected chi connectivity index (χ3v) is 7.59. The lowest BCUT2D eigenvalue weighted by Crippen LogP contribution is -2.28. The maximum absolute atomic E-state index is 13.1. The summed E-state index contributed by atoms with van der Waals surface area (Å²) in [5.74, 6) is 0.00508. The number of thiazole rings is 1. The van der Waals surface area contributed by atoms with Gasteiger partial charge in [0.1, 0.15) is 0 Å². The van der Waals surface area contributed by atoms with E-state index in [0.29, 0.717) is 16.7 Å². The highest BCUT2D eigenvalue weighted by atomic mass is 35.5. The van der Waals surface area contributed by atoms with Crippen LogP contribution in [0.25, 0.3) is 0 Å². The number of aromatic nitrogens is 1. The standard InChI is InChI=1S/C24H24ClN3O2S/c25-19-9-5-4-8-18(19)21(28-13-10-17(29)15-28)20-14-26-23(31-20)27-22(30)24(11-12-24)16-6-2-1-3-7-16/h1-9,14,17,21,29H,10-13,15H2,(H,26,27,30)/t17-,21?/m1/s1. The maximum atomic E-state index is 13.1. The van der Waals surface area contributed by atoms with Gasteiger partial charge in [0.15, 0.2) is 5.13 Å². The zero-order valence-electron chi connectivity index (χ0n) is 17.0. The van der Waals surface area contributed by atoms with Crippen molar-refractivity contribution in [3.63, 3.8) is 0 Å². The summed E-state index contributed by atoms with van der Waals surface area (Å²) in [5, 5.41) is 14.4. The molecular weight excluding hydrogens is 430 g/mol. The molecule has 2 fully saturated rings. The van der Waals surface area contributed by atoms with Crippen LogP contribution in [0.2, 0.25) is 5.02 Å².